The van der Waals surface area contributed by atoms with Gasteiger partial charge in [-0.25, -0.2) is 23.5 Å². The van der Waals surface area contributed by atoms with E-state index in [-0.39, 0.29) is 59.6 Å². The predicted molar refractivity (Wildman–Crippen MR) is 160 cm³/mol. The summed E-state index contributed by atoms with van der Waals surface area (Å²) in [5, 5.41) is 20.5. The highest BCUT2D eigenvalue weighted by atomic mass is 19.1. The zero-order valence-electron chi connectivity index (χ0n) is 24.2. The number of carbonyl (C=O) groups excluding carboxylic acids is 1. The number of aromatic nitrogens is 4. The summed E-state index contributed by atoms with van der Waals surface area (Å²) in [6.45, 7) is 0.965. The number of rotatable bonds is 11. The third-order valence-corrected chi connectivity index (χ3v) is 7.51. The monoisotopic (exact) mass is 624 g/mol. The van der Waals surface area contributed by atoms with Gasteiger partial charge in [0.2, 0.25) is 5.88 Å². The quantitative estimate of drug-likeness (QED) is 0.200. The van der Waals surface area contributed by atoms with Crippen LogP contribution in [0.15, 0.2) is 66.9 Å². The highest BCUT2D eigenvalue weighted by Crippen LogP contribution is 2.29. The molecule has 11 nitrogen and oxygen atoms in total. The van der Waals surface area contributed by atoms with Gasteiger partial charge in [-0.15, -0.1) is 0 Å². The number of imidazole rings is 1. The van der Waals surface area contributed by atoms with Gasteiger partial charge in [-0.05, 0) is 54.4 Å². The minimum Gasteiger partial charge on any atom is -0.478 e. The molecule has 5 aromatic rings. The minimum atomic E-state index is -1.08. The summed E-state index contributed by atoms with van der Waals surface area (Å²) in [5.74, 6) is -2.26. The van der Waals surface area contributed by atoms with Gasteiger partial charge < -0.3 is 24.5 Å². The lowest BCUT2D eigenvalue weighted by Gasteiger charge is -2.27. The van der Waals surface area contributed by atoms with Gasteiger partial charge in [0.25, 0.3) is 5.91 Å². The summed E-state index contributed by atoms with van der Waals surface area (Å²) in [7, 11) is 0. The fraction of sp³-hybridized carbons (Fsp3) is 0.212. The molecule has 2 aromatic carbocycles. The number of carbonyl (C=O) groups is 2. The van der Waals surface area contributed by atoms with E-state index in [1.54, 1.807) is 30.3 Å². The first-order valence-corrected chi connectivity index (χ1v) is 14.3. The van der Waals surface area contributed by atoms with Gasteiger partial charge in [0.05, 0.1) is 41.0 Å². The van der Waals surface area contributed by atoms with E-state index in [0.717, 1.165) is 18.6 Å². The molecule has 1 aliphatic heterocycles. The Morgan fingerprint density at radius 1 is 1.11 bits per heavy atom. The number of nitrogens with one attached hydrogen (secondary N) is 1. The molecule has 2 N–H and O–H groups in total. The first kappa shape index (κ1) is 30.3. The van der Waals surface area contributed by atoms with Gasteiger partial charge in [-0.3, -0.25) is 9.78 Å². The van der Waals surface area contributed by atoms with Gasteiger partial charge in [-0.1, -0.05) is 12.1 Å². The van der Waals surface area contributed by atoms with E-state index < -0.39 is 23.5 Å². The van der Waals surface area contributed by atoms with Crippen molar-refractivity contribution in [2.24, 2.45) is 0 Å². The highest BCUT2D eigenvalue weighted by Gasteiger charge is 2.24. The minimum absolute atomic E-state index is 0.0315. The molecule has 0 radical (unpaired) electrons. The number of carboxylic acids is 1. The maximum atomic E-state index is 15.5. The van der Waals surface area contributed by atoms with Crippen LogP contribution in [-0.4, -0.2) is 55.8 Å². The largest absolute Gasteiger partial charge is 0.478 e. The molecule has 13 heteroatoms. The Labute approximate surface area is 261 Å². The molecule has 1 atom stereocenters. The second-order valence-corrected chi connectivity index (χ2v) is 10.6. The Bertz CT molecular complexity index is 1990. The lowest BCUT2D eigenvalue weighted by atomic mass is 10.0. The van der Waals surface area contributed by atoms with Crippen LogP contribution in [0, 0.1) is 23.0 Å². The number of hydrogen-bond donors (Lipinski definition) is 2. The van der Waals surface area contributed by atoms with Crippen LogP contribution < -0.4 is 10.1 Å². The van der Waals surface area contributed by atoms with Crippen LogP contribution in [0.2, 0.25) is 0 Å². The number of aromatic carboxylic acids is 1. The zero-order chi connectivity index (χ0) is 32.2. The molecule has 0 spiro atoms. The topological polar surface area (TPSA) is 152 Å². The van der Waals surface area contributed by atoms with Crippen LogP contribution in [0.1, 0.15) is 44.2 Å². The van der Waals surface area contributed by atoms with Crippen LogP contribution in [0.5, 0.6) is 5.88 Å². The molecule has 1 saturated heterocycles. The Balaban J connectivity index is 1.20. The Kier molecular flexibility index (Phi) is 8.62. The van der Waals surface area contributed by atoms with E-state index in [1.807, 2.05) is 10.6 Å². The van der Waals surface area contributed by atoms with Crippen molar-refractivity contribution >= 4 is 22.9 Å². The number of nitrogens with zero attached hydrogens (tertiary/aromatic N) is 5. The fourth-order valence-corrected chi connectivity index (χ4v) is 5.02. The van der Waals surface area contributed by atoms with Crippen molar-refractivity contribution in [1.82, 2.24) is 24.8 Å². The van der Waals surface area contributed by atoms with E-state index in [4.69, 9.17) is 14.7 Å². The molecule has 0 bridgehead atoms. The van der Waals surface area contributed by atoms with Crippen molar-refractivity contribution in [2.75, 3.05) is 13.2 Å². The normalized spacial score (nSPS) is 14.0. The zero-order valence-corrected chi connectivity index (χ0v) is 24.2. The number of halogens is 2. The van der Waals surface area contributed by atoms with Crippen LogP contribution in [0.4, 0.5) is 8.78 Å². The Hall–Kier alpha value is -5.74. The summed E-state index contributed by atoms with van der Waals surface area (Å²) < 4.78 is 44.1. The number of carboxylic acid groups (broad SMARTS) is 1. The maximum absolute atomic E-state index is 15.5. The second kappa shape index (κ2) is 13.1. The standard InChI is InChI=1S/C33H26F2N6O5/c34-24-15-23(26-2-1-3-31(40-26)46-18-19-4-6-28(38-16-19)32(42)37-10-9-36)25(35)12-21(24)14-30-39-27-7-5-20(33(43)44)13-29(27)41(30)17-22-8-11-45-22/h1-7,12-13,15-16,22H,8,10-11,14,17-18H2,(H,37,42)(H,43,44)/t22-/m0/s1. The second-order valence-electron chi connectivity index (χ2n) is 10.6. The number of nitriles is 1. The number of hydrogen-bond acceptors (Lipinski definition) is 8. The molecule has 46 heavy (non-hydrogen) atoms. The van der Waals surface area contributed by atoms with E-state index in [1.165, 1.54) is 24.4 Å². The van der Waals surface area contributed by atoms with Crippen molar-refractivity contribution in [1.29, 1.82) is 5.26 Å². The van der Waals surface area contributed by atoms with Crippen LogP contribution >= 0.6 is 0 Å². The summed E-state index contributed by atoms with van der Waals surface area (Å²) in [4.78, 5) is 36.5. The molecule has 6 rings (SSSR count). The van der Waals surface area contributed by atoms with E-state index in [9.17, 15) is 14.7 Å². The molecule has 1 aliphatic rings. The fourth-order valence-electron chi connectivity index (χ4n) is 5.02. The van der Waals surface area contributed by atoms with Crippen LogP contribution in [-0.2, 0) is 24.3 Å². The van der Waals surface area contributed by atoms with E-state index in [0.29, 0.717) is 35.6 Å². The Morgan fingerprint density at radius 3 is 2.67 bits per heavy atom. The molecule has 232 valence electrons. The first-order chi connectivity index (χ1) is 22.3. The highest BCUT2D eigenvalue weighted by molar-refractivity contribution is 5.93. The van der Waals surface area contributed by atoms with E-state index in [2.05, 4.69) is 20.3 Å². The molecular weight excluding hydrogens is 598 g/mol. The molecule has 1 amide bonds. The van der Waals surface area contributed by atoms with Crippen molar-refractivity contribution < 1.29 is 33.0 Å². The third-order valence-electron chi connectivity index (χ3n) is 7.51. The lowest BCUT2D eigenvalue weighted by Crippen LogP contribution is -2.31. The van der Waals surface area contributed by atoms with Gasteiger partial charge in [0.1, 0.15) is 36.3 Å². The van der Waals surface area contributed by atoms with Gasteiger partial charge in [-0.2, -0.15) is 5.26 Å². The number of benzene rings is 2. The number of pyridine rings is 2. The average molecular weight is 625 g/mol. The summed E-state index contributed by atoms with van der Waals surface area (Å²) in [6, 6.07) is 16.5. The van der Waals surface area contributed by atoms with E-state index >= 15 is 8.78 Å². The SMILES string of the molecule is N#CCNC(=O)c1ccc(COc2cccc(-c3cc(F)c(Cc4nc5ccc(C(=O)O)cc5n4C[C@@H]4CCO4)cc3F)n2)cn1. The van der Waals surface area contributed by atoms with Crippen molar-refractivity contribution in [3.63, 3.8) is 0 Å². The maximum Gasteiger partial charge on any atom is 0.335 e. The van der Waals surface area contributed by atoms with Crippen LogP contribution in [0.3, 0.4) is 0 Å². The lowest BCUT2D eigenvalue weighted by molar-refractivity contribution is -0.0589. The number of amides is 1. The molecule has 0 aliphatic carbocycles. The Morgan fingerprint density at radius 2 is 1.96 bits per heavy atom. The van der Waals surface area contributed by atoms with Gasteiger partial charge in [0, 0.05) is 36.4 Å². The summed E-state index contributed by atoms with van der Waals surface area (Å²) in [5.41, 5.74) is 2.21. The van der Waals surface area contributed by atoms with Crippen molar-refractivity contribution in [3.8, 4) is 23.2 Å². The predicted octanol–water partition coefficient (Wildman–Crippen LogP) is 4.68. The van der Waals surface area contributed by atoms with Crippen molar-refractivity contribution in [2.45, 2.75) is 32.1 Å². The molecule has 0 saturated carbocycles. The molecular formula is C33H26F2N6O5. The molecule has 4 heterocycles. The van der Waals surface area contributed by atoms with Crippen LogP contribution in [0.25, 0.3) is 22.3 Å². The summed E-state index contributed by atoms with van der Waals surface area (Å²) >= 11 is 0. The molecule has 1 fully saturated rings. The summed E-state index contributed by atoms with van der Waals surface area (Å²) in [6.07, 6.45) is 2.18. The van der Waals surface area contributed by atoms with Gasteiger partial charge in [0.15, 0.2) is 0 Å². The molecule has 0 unspecified atom stereocenters. The average Bonchev–Trinajstić information content (AvgIpc) is 3.38. The number of ether oxygens (including phenoxy) is 2. The smallest absolute Gasteiger partial charge is 0.335 e. The van der Waals surface area contributed by atoms with Gasteiger partial charge >= 0.3 is 5.97 Å². The number of fused-ring (bicyclic) bond motifs is 1. The molecule has 3 aromatic heterocycles. The third kappa shape index (κ3) is 6.52. The van der Waals surface area contributed by atoms with Crippen molar-refractivity contribution in [3.05, 3.63) is 107 Å². The first-order valence-electron chi connectivity index (χ1n) is 14.3.